The molecule has 1 aromatic rings. The summed E-state index contributed by atoms with van der Waals surface area (Å²) in [6, 6.07) is 8.61. The third kappa shape index (κ3) is 5.81. The Kier molecular flexibility index (Phi) is 7.07. The average Bonchev–Trinajstić information content (AvgIpc) is 2.38. The molecule has 1 aromatic carbocycles. The summed E-state index contributed by atoms with van der Waals surface area (Å²) in [5.41, 5.74) is 1.25. The van der Waals surface area contributed by atoms with Crippen LogP contribution >= 0.6 is 0 Å². The van der Waals surface area contributed by atoms with Crippen molar-refractivity contribution in [3.8, 4) is 18.1 Å². The highest BCUT2D eigenvalue weighted by molar-refractivity contribution is 5.31. The van der Waals surface area contributed by atoms with Gasteiger partial charge in [-0.25, -0.2) is 0 Å². The molecule has 1 atom stereocenters. The Morgan fingerprint density at radius 2 is 2.16 bits per heavy atom. The topological polar surface area (TPSA) is 21.3 Å². The molecule has 0 aliphatic carbocycles. The third-order valence-electron chi connectivity index (χ3n) is 2.85. The van der Waals surface area contributed by atoms with E-state index in [-0.39, 0.29) is 6.10 Å². The van der Waals surface area contributed by atoms with E-state index in [9.17, 15) is 0 Å². The van der Waals surface area contributed by atoms with E-state index in [0.29, 0.717) is 6.04 Å². The van der Waals surface area contributed by atoms with Crippen molar-refractivity contribution in [2.75, 3.05) is 6.54 Å². The molecule has 0 heterocycles. The van der Waals surface area contributed by atoms with Crippen molar-refractivity contribution < 1.29 is 4.74 Å². The number of hydrogen-bond acceptors (Lipinski definition) is 2. The van der Waals surface area contributed by atoms with Crippen LogP contribution in [-0.4, -0.2) is 12.6 Å². The van der Waals surface area contributed by atoms with Gasteiger partial charge in [-0.1, -0.05) is 19.1 Å². The largest absolute Gasteiger partial charge is 0.491 e. The monoisotopic (exact) mass is 259 g/mol. The number of terminal acetylenes is 1. The smallest absolute Gasteiger partial charge is 0.120 e. The van der Waals surface area contributed by atoms with Gasteiger partial charge in [-0.3, -0.25) is 0 Å². The molecule has 0 saturated heterocycles. The molecule has 19 heavy (non-hydrogen) atoms. The van der Waals surface area contributed by atoms with Crippen LogP contribution in [0.2, 0.25) is 0 Å². The first-order chi connectivity index (χ1) is 9.17. The molecule has 0 aliphatic rings. The van der Waals surface area contributed by atoms with E-state index in [4.69, 9.17) is 11.2 Å². The molecule has 1 N–H and O–H groups in total. The van der Waals surface area contributed by atoms with Crippen molar-refractivity contribution >= 4 is 0 Å². The average molecular weight is 259 g/mol. The maximum atomic E-state index is 5.75. The summed E-state index contributed by atoms with van der Waals surface area (Å²) in [6.07, 6.45) is 8.44. The lowest BCUT2D eigenvalue weighted by molar-refractivity contribution is 0.242. The van der Waals surface area contributed by atoms with Crippen LogP contribution in [0.4, 0.5) is 0 Å². The second-order valence-corrected chi connectivity index (χ2v) is 4.99. The second-order valence-electron chi connectivity index (χ2n) is 4.99. The first kappa shape index (κ1) is 15.6. The number of benzene rings is 1. The lowest BCUT2D eigenvalue weighted by Crippen LogP contribution is -2.22. The van der Waals surface area contributed by atoms with Crippen molar-refractivity contribution in [1.29, 1.82) is 0 Å². The van der Waals surface area contributed by atoms with Gasteiger partial charge in [0.2, 0.25) is 0 Å². The fourth-order valence-corrected chi connectivity index (χ4v) is 2.01. The van der Waals surface area contributed by atoms with Crippen molar-refractivity contribution in [2.24, 2.45) is 0 Å². The van der Waals surface area contributed by atoms with Gasteiger partial charge >= 0.3 is 0 Å². The second kappa shape index (κ2) is 8.61. The molecule has 0 aromatic heterocycles. The van der Waals surface area contributed by atoms with Gasteiger partial charge < -0.3 is 10.1 Å². The highest BCUT2D eigenvalue weighted by Gasteiger charge is 2.11. The van der Waals surface area contributed by atoms with Crippen molar-refractivity contribution in [2.45, 2.75) is 52.2 Å². The van der Waals surface area contributed by atoms with Crippen LogP contribution in [0.1, 0.15) is 51.6 Å². The molecular weight excluding hydrogens is 234 g/mol. The Bertz CT molecular complexity index is 406. The minimum Gasteiger partial charge on any atom is -0.491 e. The Morgan fingerprint density at radius 1 is 1.37 bits per heavy atom. The van der Waals surface area contributed by atoms with E-state index < -0.39 is 0 Å². The molecule has 104 valence electrons. The zero-order valence-corrected chi connectivity index (χ0v) is 12.3. The van der Waals surface area contributed by atoms with Crippen LogP contribution in [0.15, 0.2) is 24.3 Å². The summed E-state index contributed by atoms with van der Waals surface area (Å²) in [4.78, 5) is 0. The van der Waals surface area contributed by atoms with Crippen LogP contribution in [0.3, 0.4) is 0 Å². The van der Waals surface area contributed by atoms with Gasteiger partial charge in [0.15, 0.2) is 0 Å². The summed E-state index contributed by atoms with van der Waals surface area (Å²) in [5.74, 6) is 3.65. The maximum absolute atomic E-state index is 5.75. The standard InChI is InChI=1S/C17H25NO/c1-5-7-11-17(18-12-6-2)15-9-8-10-16(13-15)19-14(3)4/h1,8-10,13-14,17-18H,6-7,11-12H2,2-4H3. The van der Waals surface area contributed by atoms with E-state index in [0.717, 1.165) is 31.6 Å². The highest BCUT2D eigenvalue weighted by Crippen LogP contribution is 2.23. The number of nitrogens with one attached hydrogen (secondary N) is 1. The van der Waals surface area contributed by atoms with Crippen LogP contribution in [-0.2, 0) is 0 Å². The number of rotatable bonds is 8. The molecule has 0 bridgehead atoms. The molecule has 0 radical (unpaired) electrons. The van der Waals surface area contributed by atoms with E-state index >= 15 is 0 Å². The molecule has 0 aliphatic heterocycles. The van der Waals surface area contributed by atoms with Gasteiger partial charge in [0, 0.05) is 12.5 Å². The highest BCUT2D eigenvalue weighted by atomic mass is 16.5. The first-order valence-electron chi connectivity index (χ1n) is 7.10. The number of ether oxygens (including phenoxy) is 1. The molecule has 0 fully saturated rings. The van der Waals surface area contributed by atoms with Gasteiger partial charge in [0.25, 0.3) is 0 Å². The molecule has 2 nitrogen and oxygen atoms in total. The Morgan fingerprint density at radius 3 is 2.79 bits per heavy atom. The molecule has 2 heteroatoms. The van der Waals surface area contributed by atoms with Crippen LogP contribution in [0.25, 0.3) is 0 Å². The lowest BCUT2D eigenvalue weighted by atomic mass is 10.0. The molecular formula is C17H25NO. The van der Waals surface area contributed by atoms with Crippen LogP contribution < -0.4 is 10.1 Å². The molecule has 0 spiro atoms. The summed E-state index contributed by atoms with van der Waals surface area (Å²) < 4.78 is 5.75. The van der Waals surface area contributed by atoms with Gasteiger partial charge in [-0.2, -0.15) is 0 Å². The molecule has 1 rings (SSSR count). The summed E-state index contributed by atoms with van der Waals surface area (Å²) >= 11 is 0. The van der Waals surface area contributed by atoms with Gasteiger partial charge in [0.05, 0.1) is 6.10 Å². The van der Waals surface area contributed by atoms with E-state index in [1.54, 1.807) is 0 Å². The van der Waals surface area contributed by atoms with Gasteiger partial charge in [-0.15, -0.1) is 12.3 Å². The van der Waals surface area contributed by atoms with Gasteiger partial charge in [0.1, 0.15) is 5.75 Å². The van der Waals surface area contributed by atoms with Gasteiger partial charge in [-0.05, 0) is 50.9 Å². The number of hydrogen-bond donors (Lipinski definition) is 1. The van der Waals surface area contributed by atoms with Crippen LogP contribution in [0.5, 0.6) is 5.75 Å². The fourth-order valence-electron chi connectivity index (χ4n) is 2.01. The van der Waals surface area contributed by atoms with Crippen molar-refractivity contribution in [1.82, 2.24) is 5.32 Å². The Labute approximate surface area is 117 Å². The van der Waals surface area contributed by atoms with E-state index in [2.05, 4.69) is 30.3 Å². The molecule has 1 unspecified atom stereocenters. The van der Waals surface area contributed by atoms with Crippen molar-refractivity contribution in [3.63, 3.8) is 0 Å². The first-order valence-corrected chi connectivity index (χ1v) is 7.10. The minimum absolute atomic E-state index is 0.197. The zero-order valence-electron chi connectivity index (χ0n) is 12.3. The summed E-state index contributed by atoms with van der Waals surface area (Å²) in [5, 5.41) is 3.55. The molecule has 0 amide bonds. The summed E-state index contributed by atoms with van der Waals surface area (Å²) in [7, 11) is 0. The Hall–Kier alpha value is -1.46. The fraction of sp³-hybridized carbons (Fsp3) is 0.529. The predicted octanol–water partition coefficient (Wildman–Crippen LogP) is 3.93. The Balaban J connectivity index is 2.78. The minimum atomic E-state index is 0.197. The SMILES string of the molecule is C#CCCC(NCCC)c1cccc(OC(C)C)c1. The predicted molar refractivity (Wildman–Crippen MR) is 81.3 cm³/mol. The van der Waals surface area contributed by atoms with Crippen LogP contribution in [0, 0.1) is 12.3 Å². The van der Waals surface area contributed by atoms with Crippen molar-refractivity contribution in [3.05, 3.63) is 29.8 Å². The lowest BCUT2D eigenvalue weighted by Gasteiger charge is -2.19. The zero-order chi connectivity index (χ0) is 14.1. The normalized spacial score (nSPS) is 12.2. The summed E-state index contributed by atoms with van der Waals surface area (Å²) in [6.45, 7) is 7.25. The maximum Gasteiger partial charge on any atom is 0.120 e. The quantitative estimate of drug-likeness (QED) is 0.714. The molecule has 0 saturated carbocycles. The van der Waals surface area contributed by atoms with E-state index in [1.165, 1.54) is 5.56 Å². The van der Waals surface area contributed by atoms with E-state index in [1.807, 2.05) is 26.0 Å². The third-order valence-corrected chi connectivity index (χ3v) is 2.85.